The van der Waals surface area contributed by atoms with E-state index < -0.39 is 10.0 Å². The number of aromatic amines is 1. The Hall–Kier alpha value is -1.70. The quantitative estimate of drug-likeness (QED) is 0.748. The Kier molecular flexibility index (Phi) is 3.98. The van der Waals surface area contributed by atoms with Crippen molar-refractivity contribution in [1.29, 1.82) is 0 Å². The van der Waals surface area contributed by atoms with Crippen LogP contribution in [0.25, 0.3) is 0 Å². The van der Waals surface area contributed by atoms with E-state index >= 15 is 0 Å². The summed E-state index contributed by atoms with van der Waals surface area (Å²) < 4.78 is 26.6. The SMILES string of the molecule is Cc1[nH]ncc1S(=O)(=O)NCc1cccc(CN)c1. The van der Waals surface area contributed by atoms with E-state index in [0.717, 1.165) is 11.1 Å². The lowest BCUT2D eigenvalue weighted by Gasteiger charge is -2.07. The fourth-order valence-corrected chi connectivity index (χ4v) is 2.89. The van der Waals surface area contributed by atoms with E-state index in [4.69, 9.17) is 5.73 Å². The number of rotatable bonds is 5. The fraction of sp³-hybridized carbons (Fsp3) is 0.250. The van der Waals surface area contributed by atoms with Crippen molar-refractivity contribution in [1.82, 2.24) is 14.9 Å². The summed E-state index contributed by atoms with van der Waals surface area (Å²) in [6.07, 6.45) is 1.30. The standard InChI is InChI=1S/C12H16N4O2S/c1-9-12(8-14-16-9)19(17,18)15-7-11-4-2-3-10(5-11)6-13/h2-5,8,15H,6-7,13H2,1H3,(H,14,16). The molecule has 102 valence electrons. The van der Waals surface area contributed by atoms with Gasteiger partial charge in [0.15, 0.2) is 0 Å². The maximum absolute atomic E-state index is 12.0. The van der Waals surface area contributed by atoms with E-state index in [2.05, 4.69) is 14.9 Å². The molecular formula is C12H16N4O2S. The predicted molar refractivity (Wildman–Crippen MR) is 71.7 cm³/mol. The van der Waals surface area contributed by atoms with Crippen LogP contribution in [0.5, 0.6) is 0 Å². The summed E-state index contributed by atoms with van der Waals surface area (Å²) in [5.41, 5.74) is 7.90. The number of aryl methyl sites for hydroxylation is 1. The highest BCUT2D eigenvalue weighted by molar-refractivity contribution is 7.89. The molecule has 1 heterocycles. The normalized spacial score (nSPS) is 11.7. The molecule has 4 N–H and O–H groups in total. The van der Waals surface area contributed by atoms with E-state index in [9.17, 15) is 8.42 Å². The summed E-state index contributed by atoms with van der Waals surface area (Å²) in [5, 5.41) is 6.32. The van der Waals surface area contributed by atoms with Gasteiger partial charge in [0.2, 0.25) is 10.0 Å². The Morgan fingerprint density at radius 3 is 2.74 bits per heavy atom. The number of nitrogens with two attached hydrogens (primary N) is 1. The summed E-state index contributed by atoms with van der Waals surface area (Å²) >= 11 is 0. The van der Waals surface area contributed by atoms with Crippen LogP contribution in [0.4, 0.5) is 0 Å². The van der Waals surface area contributed by atoms with E-state index in [1.165, 1.54) is 6.20 Å². The number of nitrogens with one attached hydrogen (secondary N) is 2. The number of aromatic nitrogens is 2. The first-order valence-corrected chi connectivity index (χ1v) is 7.29. The van der Waals surface area contributed by atoms with Crippen LogP contribution in [0, 0.1) is 6.92 Å². The van der Waals surface area contributed by atoms with E-state index in [0.29, 0.717) is 12.2 Å². The Morgan fingerprint density at radius 1 is 1.37 bits per heavy atom. The summed E-state index contributed by atoms with van der Waals surface area (Å²) in [4.78, 5) is 0.169. The zero-order valence-corrected chi connectivity index (χ0v) is 11.4. The molecule has 6 nitrogen and oxygen atoms in total. The maximum Gasteiger partial charge on any atom is 0.244 e. The van der Waals surface area contributed by atoms with Crippen molar-refractivity contribution in [3.8, 4) is 0 Å². The fourth-order valence-electron chi connectivity index (χ4n) is 1.73. The highest BCUT2D eigenvalue weighted by Crippen LogP contribution is 2.12. The second kappa shape index (κ2) is 5.52. The monoisotopic (exact) mass is 280 g/mol. The first-order chi connectivity index (χ1) is 9.03. The van der Waals surface area contributed by atoms with Crippen molar-refractivity contribution in [3.63, 3.8) is 0 Å². The van der Waals surface area contributed by atoms with Crippen molar-refractivity contribution in [3.05, 3.63) is 47.3 Å². The molecule has 0 radical (unpaired) electrons. The van der Waals surface area contributed by atoms with Gasteiger partial charge in [-0.3, -0.25) is 5.10 Å². The molecular weight excluding hydrogens is 264 g/mol. The smallest absolute Gasteiger partial charge is 0.244 e. The number of nitrogens with zero attached hydrogens (tertiary/aromatic N) is 1. The number of hydrogen-bond acceptors (Lipinski definition) is 4. The van der Waals surface area contributed by atoms with Crippen LogP contribution in [0.3, 0.4) is 0 Å². The van der Waals surface area contributed by atoms with Crippen molar-refractivity contribution < 1.29 is 8.42 Å². The molecule has 0 bridgehead atoms. The van der Waals surface area contributed by atoms with Crippen LogP contribution in [0.2, 0.25) is 0 Å². The minimum atomic E-state index is -3.54. The molecule has 0 aliphatic rings. The van der Waals surface area contributed by atoms with Crippen molar-refractivity contribution in [2.45, 2.75) is 24.9 Å². The van der Waals surface area contributed by atoms with Gasteiger partial charge in [-0.1, -0.05) is 24.3 Å². The molecule has 0 unspecified atom stereocenters. The molecule has 2 rings (SSSR count). The number of H-pyrrole nitrogens is 1. The van der Waals surface area contributed by atoms with Gasteiger partial charge in [-0.2, -0.15) is 5.10 Å². The molecule has 0 spiro atoms. The average Bonchev–Trinajstić information content (AvgIpc) is 2.84. The minimum absolute atomic E-state index is 0.169. The van der Waals surface area contributed by atoms with Gasteiger partial charge in [-0.15, -0.1) is 0 Å². The molecule has 7 heteroatoms. The molecule has 0 atom stereocenters. The van der Waals surface area contributed by atoms with Gasteiger partial charge in [0.05, 0.1) is 11.9 Å². The van der Waals surface area contributed by atoms with Crippen LogP contribution < -0.4 is 10.5 Å². The average molecular weight is 280 g/mol. The van der Waals surface area contributed by atoms with Gasteiger partial charge >= 0.3 is 0 Å². The van der Waals surface area contributed by atoms with Crippen LogP contribution in [0.15, 0.2) is 35.4 Å². The van der Waals surface area contributed by atoms with Crippen molar-refractivity contribution >= 4 is 10.0 Å². The lowest BCUT2D eigenvalue weighted by Crippen LogP contribution is -2.23. The predicted octanol–water partition coefficient (Wildman–Crippen LogP) is 0.655. The first kappa shape index (κ1) is 13.7. The van der Waals surface area contributed by atoms with Crippen LogP contribution in [-0.4, -0.2) is 18.6 Å². The number of sulfonamides is 1. The Labute approximate surface area is 112 Å². The van der Waals surface area contributed by atoms with E-state index in [1.807, 2.05) is 24.3 Å². The lowest BCUT2D eigenvalue weighted by molar-refractivity contribution is 0.580. The van der Waals surface area contributed by atoms with Gasteiger partial charge in [-0.25, -0.2) is 13.1 Å². The second-order valence-corrected chi connectivity index (χ2v) is 5.94. The third-order valence-corrected chi connectivity index (χ3v) is 4.28. The summed E-state index contributed by atoms with van der Waals surface area (Å²) in [5.74, 6) is 0. The van der Waals surface area contributed by atoms with Crippen LogP contribution in [-0.2, 0) is 23.1 Å². The van der Waals surface area contributed by atoms with Gasteiger partial charge < -0.3 is 5.73 Å². The molecule has 0 fully saturated rings. The molecule has 0 aliphatic heterocycles. The summed E-state index contributed by atoms with van der Waals surface area (Å²) in [6.45, 7) is 2.32. The molecule has 0 saturated carbocycles. The summed E-state index contributed by atoms with van der Waals surface area (Å²) in [6, 6.07) is 7.49. The number of hydrogen-bond donors (Lipinski definition) is 3. The lowest BCUT2D eigenvalue weighted by atomic mass is 10.1. The Morgan fingerprint density at radius 2 is 2.11 bits per heavy atom. The molecule has 2 aromatic rings. The van der Waals surface area contributed by atoms with Gasteiger partial charge in [0, 0.05) is 13.1 Å². The Bertz CT molecular complexity index is 664. The zero-order chi connectivity index (χ0) is 13.9. The highest BCUT2D eigenvalue weighted by atomic mass is 32.2. The Balaban J connectivity index is 2.12. The number of benzene rings is 1. The molecule has 1 aromatic heterocycles. The van der Waals surface area contributed by atoms with Crippen LogP contribution >= 0.6 is 0 Å². The molecule has 0 saturated heterocycles. The third-order valence-electron chi connectivity index (χ3n) is 2.77. The molecule has 0 amide bonds. The largest absolute Gasteiger partial charge is 0.326 e. The van der Waals surface area contributed by atoms with E-state index in [-0.39, 0.29) is 11.4 Å². The van der Waals surface area contributed by atoms with Crippen molar-refractivity contribution in [2.24, 2.45) is 5.73 Å². The minimum Gasteiger partial charge on any atom is -0.326 e. The van der Waals surface area contributed by atoms with E-state index in [1.54, 1.807) is 6.92 Å². The van der Waals surface area contributed by atoms with Crippen molar-refractivity contribution in [2.75, 3.05) is 0 Å². The van der Waals surface area contributed by atoms with Gasteiger partial charge in [-0.05, 0) is 18.1 Å². The zero-order valence-electron chi connectivity index (χ0n) is 10.6. The van der Waals surface area contributed by atoms with Gasteiger partial charge in [0.25, 0.3) is 0 Å². The van der Waals surface area contributed by atoms with Gasteiger partial charge in [0.1, 0.15) is 4.90 Å². The molecule has 1 aromatic carbocycles. The van der Waals surface area contributed by atoms with Crippen LogP contribution in [0.1, 0.15) is 16.8 Å². The first-order valence-electron chi connectivity index (χ1n) is 5.80. The topological polar surface area (TPSA) is 101 Å². The highest BCUT2D eigenvalue weighted by Gasteiger charge is 2.17. The third kappa shape index (κ3) is 3.19. The maximum atomic E-state index is 12.0. The molecule has 19 heavy (non-hydrogen) atoms. The second-order valence-electron chi connectivity index (χ2n) is 4.21. The molecule has 0 aliphatic carbocycles. The summed E-state index contributed by atoms with van der Waals surface area (Å²) in [7, 11) is -3.54.